The highest BCUT2D eigenvalue weighted by molar-refractivity contribution is 7.99. The molecule has 0 aliphatic carbocycles. The Morgan fingerprint density at radius 1 is 1.15 bits per heavy atom. The Labute approximate surface area is 193 Å². The number of aromatic nitrogens is 1. The van der Waals surface area contributed by atoms with Crippen LogP contribution in [-0.4, -0.2) is 88.8 Å². The van der Waals surface area contributed by atoms with E-state index < -0.39 is 11.9 Å². The molecule has 2 atom stereocenters. The van der Waals surface area contributed by atoms with Gasteiger partial charge in [-0.1, -0.05) is 0 Å². The normalized spacial score (nSPS) is 24.7. The van der Waals surface area contributed by atoms with Gasteiger partial charge >= 0.3 is 6.18 Å². The molecule has 4 heterocycles. The summed E-state index contributed by atoms with van der Waals surface area (Å²) in [6.07, 6.45) is -3.81. The van der Waals surface area contributed by atoms with Gasteiger partial charge in [0.2, 0.25) is 5.91 Å². The third-order valence-electron chi connectivity index (χ3n) is 6.70. The zero-order valence-corrected chi connectivity index (χ0v) is 18.8. The van der Waals surface area contributed by atoms with E-state index in [1.165, 1.54) is 12.1 Å². The van der Waals surface area contributed by atoms with Crippen molar-refractivity contribution in [3.8, 4) is 5.75 Å². The van der Waals surface area contributed by atoms with Crippen molar-refractivity contribution in [2.75, 3.05) is 55.8 Å². The van der Waals surface area contributed by atoms with Crippen molar-refractivity contribution in [3.05, 3.63) is 30.0 Å². The average molecular weight is 482 g/mol. The van der Waals surface area contributed by atoms with Crippen LogP contribution >= 0.6 is 11.8 Å². The summed E-state index contributed by atoms with van der Waals surface area (Å²) >= 11 is 1.77. The van der Waals surface area contributed by atoms with E-state index in [0.29, 0.717) is 37.3 Å². The van der Waals surface area contributed by atoms with Crippen molar-refractivity contribution in [1.82, 2.24) is 20.1 Å². The number of hydrogen-bond donors (Lipinski definition) is 2. The van der Waals surface area contributed by atoms with Crippen LogP contribution in [0.15, 0.2) is 24.3 Å². The summed E-state index contributed by atoms with van der Waals surface area (Å²) in [6.45, 7) is 4.12. The maximum atomic E-state index is 13.5. The maximum absolute atomic E-state index is 13.5. The molecule has 5 rings (SSSR count). The minimum absolute atomic E-state index is 0.115. The number of alkyl halides is 3. The van der Waals surface area contributed by atoms with E-state index in [-0.39, 0.29) is 29.3 Å². The molecule has 0 radical (unpaired) electrons. The fourth-order valence-corrected chi connectivity index (χ4v) is 5.88. The van der Waals surface area contributed by atoms with E-state index in [0.717, 1.165) is 37.2 Å². The number of carbonyl (C=O) groups excluding carboxylic acids is 1. The first-order chi connectivity index (χ1) is 15.8. The van der Waals surface area contributed by atoms with Gasteiger partial charge in [-0.05, 0) is 24.6 Å². The Kier molecular flexibility index (Phi) is 6.04. The van der Waals surface area contributed by atoms with Crippen molar-refractivity contribution in [3.63, 3.8) is 0 Å². The Bertz CT molecular complexity index is 1040. The number of nitrogens with zero attached hydrogens (tertiary/aromatic N) is 4. The lowest BCUT2D eigenvalue weighted by molar-refractivity contribution is -0.141. The van der Waals surface area contributed by atoms with Crippen molar-refractivity contribution in [2.24, 2.45) is 0 Å². The molecule has 1 aromatic heterocycles. The van der Waals surface area contributed by atoms with Crippen LogP contribution in [0.4, 0.5) is 18.9 Å². The third-order valence-corrected chi connectivity index (χ3v) is 7.67. The highest BCUT2D eigenvalue weighted by Crippen LogP contribution is 2.36. The summed E-state index contributed by atoms with van der Waals surface area (Å²) in [5, 5.41) is 13.7. The number of halogens is 3. The summed E-state index contributed by atoms with van der Waals surface area (Å²) in [4.78, 5) is 22.6. The molecular weight excluding hydrogens is 455 g/mol. The molecule has 3 fully saturated rings. The van der Waals surface area contributed by atoms with E-state index in [2.05, 4.69) is 15.2 Å². The molecule has 178 valence electrons. The zero-order valence-electron chi connectivity index (χ0n) is 18.0. The van der Waals surface area contributed by atoms with Crippen molar-refractivity contribution >= 4 is 34.3 Å². The van der Waals surface area contributed by atoms with Crippen LogP contribution in [0.25, 0.3) is 10.9 Å². The van der Waals surface area contributed by atoms with E-state index in [9.17, 15) is 23.1 Å². The summed E-state index contributed by atoms with van der Waals surface area (Å²) in [5.41, 5.74) is -0.348. The largest absolute Gasteiger partial charge is 0.508 e. The number of hydrogen-bond acceptors (Lipinski definition) is 7. The molecule has 7 nitrogen and oxygen atoms in total. The first kappa shape index (κ1) is 22.5. The van der Waals surface area contributed by atoms with Crippen LogP contribution in [0.2, 0.25) is 0 Å². The van der Waals surface area contributed by atoms with Crippen LogP contribution < -0.4 is 10.2 Å². The number of anilines is 1. The van der Waals surface area contributed by atoms with Crippen LogP contribution in [-0.2, 0) is 11.0 Å². The number of phenolic OH excluding ortho intramolecular Hbond substituents is 1. The second kappa shape index (κ2) is 8.84. The van der Waals surface area contributed by atoms with Gasteiger partial charge in [0.15, 0.2) is 0 Å². The Balaban J connectivity index is 1.28. The van der Waals surface area contributed by atoms with Gasteiger partial charge < -0.3 is 20.2 Å². The van der Waals surface area contributed by atoms with Gasteiger partial charge in [0.25, 0.3) is 0 Å². The zero-order chi connectivity index (χ0) is 23.2. The van der Waals surface area contributed by atoms with Gasteiger partial charge in [0.1, 0.15) is 11.4 Å². The Hall–Kier alpha value is -2.24. The van der Waals surface area contributed by atoms with Crippen LogP contribution in [0, 0.1) is 0 Å². The van der Waals surface area contributed by atoms with E-state index in [1.807, 2.05) is 9.80 Å². The molecule has 1 amide bonds. The molecular formula is C22H26F3N5O2S. The number of piperazine rings is 1. The van der Waals surface area contributed by atoms with Crippen molar-refractivity contribution in [1.29, 1.82) is 0 Å². The number of nitrogens with one attached hydrogen (secondary N) is 1. The predicted molar refractivity (Wildman–Crippen MR) is 121 cm³/mol. The SMILES string of the molecule is O=C([C@@H]1C[C@H](N2CCN(c3cc(C(F)(F)F)nc4cc(O)ccc34)CC2)CN1)N1CCSC1. The first-order valence-corrected chi connectivity index (χ1v) is 12.2. The molecule has 33 heavy (non-hydrogen) atoms. The van der Waals surface area contributed by atoms with Gasteiger partial charge in [-0.2, -0.15) is 13.2 Å². The van der Waals surface area contributed by atoms with Crippen LogP contribution in [0.5, 0.6) is 5.75 Å². The maximum Gasteiger partial charge on any atom is 0.433 e. The fourth-order valence-electron chi connectivity index (χ4n) is 4.92. The topological polar surface area (TPSA) is 71.9 Å². The lowest BCUT2D eigenvalue weighted by atomic mass is 10.1. The highest BCUT2D eigenvalue weighted by Gasteiger charge is 2.38. The number of fused-ring (bicyclic) bond motifs is 1. The van der Waals surface area contributed by atoms with Crippen molar-refractivity contribution in [2.45, 2.75) is 24.7 Å². The third kappa shape index (κ3) is 4.58. The molecule has 2 aromatic rings. The second-order valence-corrected chi connectivity index (χ2v) is 9.81. The molecule has 3 aliphatic heterocycles. The smallest absolute Gasteiger partial charge is 0.433 e. The lowest BCUT2D eigenvalue weighted by Gasteiger charge is -2.39. The number of carbonyl (C=O) groups is 1. The van der Waals surface area contributed by atoms with Crippen LogP contribution in [0.3, 0.4) is 0 Å². The highest BCUT2D eigenvalue weighted by atomic mass is 32.2. The first-order valence-electron chi connectivity index (χ1n) is 11.1. The molecule has 1 aromatic carbocycles. The van der Waals surface area contributed by atoms with Gasteiger partial charge in [-0.3, -0.25) is 9.69 Å². The summed E-state index contributed by atoms with van der Waals surface area (Å²) < 4.78 is 40.4. The molecule has 0 unspecified atom stereocenters. The van der Waals surface area contributed by atoms with E-state index in [4.69, 9.17) is 0 Å². The Morgan fingerprint density at radius 2 is 1.94 bits per heavy atom. The number of rotatable bonds is 3. The minimum atomic E-state index is -4.57. The molecule has 3 saturated heterocycles. The molecule has 2 N–H and O–H groups in total. The van der Waals surface area contributed by atoms with Gasteiger partial charge in [0, 0.05) is 68.2 Å². The number of aromatic hydroxyl groups is 1. The monoisotopic (exact) mass is 481 g/mol. The van der Waals surface area contributed by atoms with Gasteiger partial charge in [-0.15, -0.1) is 11.8 Å². The van der Waals surface area contributed by atoms with Gasteiger partial charge in [0.05, 0.1) is 17.4 Å². The number of benzene rings is 1. The minimum Gasteiger partial charge on any atom is -0.508 e. The molecule has 11 heteroatoms. The molecule has 0 saturated carbocycles. The standard InChI is InChI=1S/C22H26F3N5O2S/c23-22(24,25)20-11-19(16-2-1-15(31)10-17(16)27-20)29-5-3-28(4-6-29)14-9-18(26-12-14)21(32)30-7-8-33-13-30/h1-2,10-11,14,18,26,31H,3-9,12-13H2/t14-,18-/m0/s1. The van der Waals surface area contributed by atoms with Gasteiger partial charge in [-0.25, -0.2) is 4.98 Å². The number of amides is 1. The van der Waals surface area contributed by atoms with Crippen LogP contribution in [0.1, 0.15) is 12.1 Å². The lowest BCUT2D eigenvalue weighted by Crippen LogP contribution is -2.51. The summed E-state index contributed by atoms with van der Waals surface area (Å²) in [6, 6.07) is 5.55. The average Bonchev–Trinajstić information content (AvgIpc) is 3.50. The van der Waals surface area contributed by atoms with E-state index >= 15 is 0 Å². The second-order valence-electron chi connectivity index (χ2n) is 8.74. The van der Waals surface area contributed by atoms with Crippen molar-refractivity contribution < 1.29 is 23.1 Å². The fraction of sp³-hybridized carbons (Fsp3) is 0.545. The molecule has 3 aliphatic rings. The van der Waals surface area contributed by atoms with E-state index in [1.54, 1.807) is 17.8 Å². The summed E-state index contributed by atoms with van der Waals surface area (Å²) in [5.74, 6) is 1.81. The Morgan fingerprint density at radius 3 is 2.64 bits per heavy atom. The number of thioether (sulfide) groups is 1. The molecule has 0 bridgehead atoms. The summed E-state index contributed by atoms with van der Waals surface area (Å²) in [7, 11) is 0. The quantitative estimate of drug-likeness (QED) is 0.698. The number of pyridine rings is 1. The molecule has 0 spiro atoms. The predicted octanol–water partition coefficient (Wildman–Crippen LogP) is 2.34. The number of phenols is 1.